The maximum atomic E-state index is 12.9. The molecule has 168 valence electrons. The molecule has 7 nitrogen and oxygen atoms in total. The third-order valence-electron chi connectivity index (χ3n) is 3.93. The molecule has 0 radical (unpaired) electrons. The SMILES string of the molecule is CC(C)(C)c1ncc(C(=O)N[C@H](/C=C/S(C)(=O)=O)CC(F)F)c(Oc2ccccc2)n1. The van der Waals surface area contributed by atoms with Crippen molar-refractivity contribution in [1.82, 2.24) is 15.3 Å². The number of sulfone groups is 1. The number of alkyl halides is 2. The molecule has 1 aromatic heterocycles. The second-order valence-corrected chi connectivity index (χ2v) is 9.87. The van der Waals surface area contributed by atoms with Gasteiger partial charge in [-0.05, 0) is 12.1 Å². The van der Waals surface area contributed by atoms with Gasteiger partial charge in [0, 0.05) is 29.7 Å². The van der Waals surface area contributed by atoms with E-state index in [1.807, 2.05) is 20.8 Å². The highest BCUT2D eigenvalue weighted by molar-refractivity contribution is 7.93. The standard InChI is InChI=1S/C21H25F2N3O4S/c1-21(2,3)20-24-13-16(19(26-20)30-15-8-6-5-7-9-15)18(27)25-14(12-17(22)23)10-11-31(4,28)29/h5-11,13-14,17H,12H2,1-4H3,(H,25,27)/b11-10+/t14-/m1/s1. The van der Waals surface area contributed by atoms with Crippen molar-refractivity contribution in [3.8, 4) is 11.6 Å². The van der Waals surface area contributed by atoms with E-state index >= 15 is 0 Å². The average molecular weight is 454 g/mol. The first-order valence-corrected chi connectivity index (χ1v) is 11.4. The number of carbonyl (C=O) groups is 1. The maximum Gasteiger partial charge on any atom is 0.258 e. The van der Waals surface area contributed by atoms with Gasteiger partial charge in [-0.3, -0.25) is 4.79 Å². The Hall–Kier alpha value is -2.88. The predicted octanol–water partition coefficient (Wildman–Crippen LogP) is 3.88. The lowest BCUT2D eigenvalue weighted by Gasteiger charge is -2.20. The lowest BCUT2D eigenvalue weighted by molar-refractivity contribution is 0.0906. The van der Waals surface area contributed by atoms with Crippen LogP contribution >= 0.6 is 0 Å². The molecular formula is C21H25F2N3O4S. The number of amides is 1. The predicted molar refractivity (Wildman–Crippen MR) is 113 cm³/mol. The zero-order valence-electron chi connectivity index (χ0n) is 17.7. The number of halogens is 2. The van der Waals surface area contributed by atoms with E-state index in [-0.39, 0.29) is 11.4 Å². The van der Waals surface area contributed by atoms with Gasteiger partial charge >= 0.3 is 0 Å². The topological polar surface area (TPSA) is 98.2 Å². The minimum atomic E-state index is -3.55. The van der Waals surface area contributed by atoms with Crippen LogP contribution in [-0.4, -0.2) is 43.0 Å². The fourth-order valence-corrected chi connectivity index (χ4v) is 2.90. The second-order valence-electron chi connectivity index (χ2n) is 7.94. The summed E-state index contributed by atoms with van der Waals surface area (Å²) in [6, 6.07) is 7.42. The first-order chi connectivity index (χ1) is 14.3. The van der Waals surface area contributed by atoms with E-state index in [0.717, 1.165) is 17.7 Å². The van der Waals surface area contributed by atoms with Crippen molar-refractivity contribution in [3.05, 3.63) is 59.4 Å². The number of rotatable bonds is 8. The summed E-state index contributed by atoms with van der Waals surface area (Å²) < 4.78 is 54.3. The molecule has 0 aliphatic heterocycles. The van der Waals surface area contributed by atoms with Crippen LogP contribution in [0, 0.1) is 0 Å². The molecule has 0 fully saturated rings. The van der Waals surface area contributed by atoms with Crippen LogP contribution in [-0.2, 0) is 15.3 Å². The van der Waals surface area contributed by atoms with Crippen molar-refractivity contribution < 1.29 is 26.7 Å². The van der Waals surface area contributed by atoms with Crippen molar-refractivity contribution in [2.75, 3.05) is 6.26 Å². The Kier molecular flexibility index (Phi) is 7.83. The molecule has 0 aliphatic rings. The number of nitrogens with zero attached hydrogens (tertiary/aromatic N) is 2. The Morgan fingerprint density at radius 2 is 1.87 bits per heavy atom. The number of hydrogen-bond donors (Lipinski definition) is 1. The summed E-state index contributed by atoms with van der Waals surface area (Å²) in [4.78, 5) is 21.4. The van der Waals surface area contributed by atoms with Gasteiger partial charge in [-0.1, -0.05) is 45.0 Å². The van der Waals surface area contributed by atoms with Crippen LogP contribution in [0.2, 0.25) is 0 Å². The third-order valence-corrected chi connectivity index (χ3v) is 4.59. The van der Waals surface area contributed by atoms with Crippen LogP contribution in [0.4, 0.5) is 8.78 Å². The summed E-state index contributed by atoms with van der Waals surface area (Å²) in [6.07, 6.45) is -0.306. The molecular weight excluding hydrogens is 428 g/mol. The van der Waals surface area contributed by atoms with Gasteiger partial charge in [0.25, 0.3) is 5.91 Å². The van der Waals surface area contributed by atoms with Crippen molar-refractivity contribution >= 4 is 15.7 Å². The van der Waals surface area contributed by atoms with Gasteiger partial charge in [0.2, 0.25) is 12.3 Å². The molecule has 0 saturated heterocycles. The molecule has 31 heavy (non-hydrogen) atoms. The van der Waals surface area contributed by atoms with Crippen LogP contribution in [0.5, 0.6) is 11.6 Å². The Bertz CT molecular complexity index is 1040. The van der Waals surface area contributed by atoms with E-state index in [2.05, 4.69) is 15.3 Å². The molecule has 0 aliphatic carbocycles. The van der Waals surface area contributed by atoms with E-state index in [9.17, 15) is 22.0 Å². The lowest BCUT2D eigenvalue weighted by Crippen LogP contribution is -2.35. The summed E-state index contributed by atoms with van der Waals surface area (Å²) in [6.45, 7) is 5.68. The molecule has 0 saturated carbocycles. The highest BCUT2D eigenvalue weighted by atomic mass is 32.2. The molecule has 0 spiro atoms. The van der Waals surface area contributed by atoms with Crippen molar-refractivity contribution in [1.29, 1.82) is 0 Å². The van der Waals surface area contributed by atoms with E-state index < -0.39 is 40.0 Å². The Morgan fingerprint density at radius 3 is 2.42 bits per heavy atom. The Morgan fingerprint density at radius 1 is 1.23 bits per heavy atom. The summed E-state index contributed by atoms with van der Waals surface area (Å²) in [5.41, 5.74) is -0.496. The fourth-order valence-electron chi connectivity index (χ4n) is 2.42. The summed E-state index contributed by atoms with van der Waals surface area (Å²) >= 11 is 0. The van der Waals surface area contributed by atoms with Gasteiger partial charge in [0.15, 0.2) is 9.84 Å². The summed E-state index contributed by atoms with van der Waals surface area (Å²) in [5, 5.41) is 3.17. The molecule has 1 atom stereocenters. The maximum absolute atomic E-state index is 12.9. The van der Waals surface area contributed by atoms with Gasteiger partial charge in [0.05, 0.1) is 6.04 Å². The summed E-state index contributed by atoms with van der Waals surface area (Å²) in [7, 11) is -3.55. The number of hydrogen-bond acceptors (Lipinski definition) is 6. The van der Waals surface area contributed by atoms with Crippen molar-refractivity contribution in [3.63, 3.8) is 0 Å². The average Bonchev–Trinajstić information content (AvgIpc) is 2.65. The molecule has 1 amide bonds. The molecule has 0 unspecified atom stereocenters. The van der Waals surface area contributed by atoms with Crippen LogP contribution < -0.4 is 10.1 Å². The van der Waals surface area contributed by atoms with Crippen molar-refractivity contribution in [2.45, 2.75) is 45.1 Å². The number of benzene rings is 1. The molecule has 1 aromatic carbocycles. The normalized spacial score (nSPS) is 13.4. The smallest absolute Gasteiger partial charge is 0.258 e. The van der Waals surface area contributed by atoms with Gasteiger partial charge in [-0.25, -0.2) is 22.2 Å². The van der Waals surface area contributed by atoms with Gasteiger partial charge in [-0.15, -0.1) is 0 Å². The molecule has 2 rings (SSSR count). The number of carbonyl (C=O) groups excluding carboxylic acids is 1. The zero-order chi connectivity index (χ0) is 23.2. The molecule has 1 heterocycles. The zero-order valence-corrected chi connectivity index (χ0v) is 18.5. The first-order valence-electron chi connectivity index (χ1n) is 9.43. The van der Waals surface area contributed by atoms with E-state index in [1.54, 1.807) is 30.3 Å². The quantitative estimate of drug-likeness (QED) is 0.651. The minimum absolute atomic E-state index is 0.0356. The Labute approximate surface area is 180 Å². The molecule has 2 aromatic rings. The number of para-hydroxylation sites is 1. The fraction of sp³-hybridized carbons (Fsp3) is 0.381. The first kappa shape index (κ1) is 24.4. The van der Waals surface area contributed by atoms with Crippen LogP contribution in [0.3, 0.4) is 0 Å². The highest BCUT2D eigenvalue weighted by Crippen LogP contribution is 2.27. The number of nitrogens with one attached hydrogen (secondary N) is 1. The van der Waals surface area contributed by atoms with Crippen LogP contribution in [0.15, 0.2) is 48.0 Å². The third kappa shape index (κ3) is 8.05. The number of ether oxygens (including phenoxy) is 1. The van der Waals surface area contributed by atoms with Crippen molar-refractivity contribution in [2.24, 2.45) is 0 Å². The van der Waals surface area contributed by atoms with E-state index in [1.165, 1.54) is 6.20 Å². The van der Waals surface area contributed by atoms with Gasteiger partial charge < -0.3 is 10.1 Å². The molecule has 10 heteroatoms. The van der Waals surface area contributed by atoms with Crippen LogP contribution in [0.25, 0.3) is 0 Å². The van der Waals surface area contributed by atoms with E-state index in [4.69, 9.17) is 4.74 Å². The second kappa shape index (κ2) is 9.95. The molecule has 1 N–H and O–H groups in total. The van der Waals surface area contributed by atoms with Crippen LogP contribution in [0.1, 0.15) is 43.4 Å². The number of aromatic nitrogens is 2. The van der Waals surface area contributed by atoms with Gasteiger partial charge in [0.1, 0.15) is 17.1 Å². The lowest BCUT2D eigenvalue weighted by atomic mass is 9.95. The summed E-state index contributed by atoms with van der Waals surface area (Å²) in [5.74, 6) is 0.0500. The largest absolute Gasteiger partial charge is 0.438 e. The Balaban J connectivity index is 2.39. The monoisotopic (exact) mass is 453 g/mol. The highest BCUT2D eigenvalue weighted by Gasteiger charge is 2.24. The van der Waals surface area contributed by atoms with Gasteiger partial charge in [-0.2, -0.15) is 4.98 Å². The molecule has 0 bridgehead atoms. The van der Waals surface area contributed by atoms with E-state index in [0.29, 0.717) is 11.6 Å². The minimum Gasteiger partial charge on any atom is -0.438 e.